The van der Waals surface area contributed by atoms with Gasteiger partial charge >= 0.3 is 0 Å². The molecule has 0 spiro atoms. The van der Waals surface area contributed by atoms with Gasteiger partial charge in [0.15, 0.2) is 0 Å². The van der Waals surface area contributed by atoms with E-state index in [1.54, 1.807) is 0 Å². The molecule has 1 nitrogen and oxygen atoms in total. The molecule has 0 fully saturated rings. The number of hydrogen-bond acceptors (Lipinski definition) is 1. The zero-order chi connectivity index (χ0) is 10.6. The summed E-state index contributed by atoms with van der Waals surface area (Å²) in [4.78, 5) is 0. The van der Waals surface area contributed by atoms with Crippen molar-refractivity contribution in [3.63, 3.8) is 0 Å². The van der Waals surface area contributed by atoms with E-state index in [-0.39, 0.29) is 5.54 Å². The Hall–Kier alpha value is -0.820. The molecule has 1 aromatic rings. The van der Waals surface area contributed by atoms with Gasteiger partial charge in [0.05, 0.1) is 0 Å². The van der Waals surface area contributed by atoms with Crippen molar-refractivity contribution < 1.29 is 0 Å². The molecule has 14 heavy (non-hydrogen) atoms. The van der Waals surface area contributed by atoms with Crippen LogP contribution < -0.4 is 5.32 Å². The van der Waals surface area contributed by atoms with Gasteiger partial charge in [-0.3, -0.25) is 0 Å². The molecule has 1 heteroatoms. The summed E-state index contributed by atoms with van der Waals surface area (Å²) in [5.41, 5.74) is 1.48. The lowest BCUT2D eigenvalue weighted by molar-refractivity contribution is 0.323. The summed E-state index contributed by atoms with van der Waals surface area (Å²) in [6, 6.07) is 11.2. The maximum atomic E-state index is 3.62. The van der Waals surface area contributed by atoms with Crippen LogP contribution in [0.4, 0.5) is 0 Å². The molecule has 0 aliphatic rings. The molecule has 0 aliphatic carbocycles. The Morgan fingerprint density at radius 3 is 2.21 bits per heavy atom. The summed E-state index contributed by atoms with van der Waals surface area (Å²) in [5.74, 6) is 0. The molecule has 1 N–H and O–H groups in total. The second kappa shape index (κ2) is 4.61. The molecule has 1 aromatic carbocycles. The van der Waals surface area contributed by atoms with Gasteiger partial charge in [0.25, 0.3) is 0 Å². The maximum Gasteiger partial charge on any atom is 0.0405 e. The van der Waals surface area contributed by atoms with Crippen molar-refractivity contribution in [2.45, 2.75) is 45.7 Å². The largest absolute Gasteiger partial charge is 0.305 e. The molecule has 0 saturated carbocycles. The van der Waals surface area contributed by atoms with Crippen LogP contribution in [0.25, 0.3) is 0 Å². The number of rotatable bonds is 4. The van der Waals surface area contributed by atoms with Crippen LogP contribution in [0.2, 0.25) is 0 Å². The van der Waals surface area contributed by atoms with Crippen molar-refractivity contribution in [3.8, 4) is 0 Å². The average Bonchev–Trinajstić information content (AvgIpc) is 2.18. The number of nitrogens with one attached hydrogen (secondary N) is 1. The van der Waals surface area contributed by atoms with E-state index in [1.165, 1.54) is 5.56 Å². The average molecular weight is 191 g/mol. The zero-order valence-corrected chi connectivity index (χ0v) is 9.67. The number of hydrogen-bond donors (Lipinski definition) is 1. The van der Waals surface area contributed by atoms with E-state index in [2.05, 4.69) is 63.3 Å². The standard InChI is InChI=1S/C13H21N/c1-5-13(4,14-11(2)3)12-9-7-6-8-10-12/h6-11,14H,5H2,1-4H3. The van der Waals surface area contributed by atoms with Crippen molar-refractivity contribution in [2.75, 3.05) is 0 Å². The van der Waals surface area contributed by atoms with E-state index in [0.717, 1.165) is 6.42 Å². The van der Waals surface area contributed by atoms with Gasteiger partial charge in [0, 0.05) is 11.6 Å². The van der Waals surface area contributed by atoms with Crippen LogP contribution in [0.3, 0.4) is 0 Å². The lowest BCUT2D eigenvalue weighted by Gasteiger charge is -2.32. The summed E-state index contributed by atoms with van der Waals surface area (Å²) in [5, 5.41) is 3.62. The third kappa shape index (κ3) is 2.58. The zero-order valence-electron chi connectivity index (χ0n) is 9.67. The van der Waals surface area contributed by atoms with E-state index in [1.807, 2.05) is 0 Å². The summed E-state index contributed by atoms with van der Waals surface area (Å²) in [6.07, 6.45) is 1.11. The molecule has 0 bridgehead atoms. The van der Waals surface area contributed by atoms with E-state index < -0.39 is 0 Å². The Bertz CT molecular complexity index is 266. The van der Waals surface area contributed by atoms with Gasteiger partial charge in [-0.1, -0.05) is 51.1 Å². The Labute approximate surface area is 87.5 Å². The Balaban J connectivity index is 2.90. The third-order valence-corrected chi connectivity index (χ3v) is 2.73. The van der Waals surface area contributed by atoms with E-state index in [0.29, 0.717) is 6.04 Å². The lowest BCUT2D eigenvalue weighted by atomic mass is 9.89. The lowest BCUT2D eigenvalue weighted by Crippen LogP contribution is -2.43. The van der Waals surface area contributed by atoms with Crippen molar-refractivity contribution in [1.82, 2.24) is 5.32 Å². The maximum absolute atomic E-state index is 3.62. The Morgan fingerprint density at radius 1 is 1.21 bits per heavy atom. The highest BCUT2D eigenvalue weighted by Gasteiger charge is 2.24. The van der Waals surface area contributed by atoms with Gasteiger partial charge in [-0.2, -0.15) is 0 Å². The highest BCUT2D eigenvalue weighted by Crippen LogP contribution is 2.24. The van der Waals surface area contributed by atoms with Gasteiger partial charge in [-0.05, 0) is 18.9 Å². The summed E-state index contributed by atoms with van der Waals surface area (Å²) in [7, 11) is 0. The molecule has 0 amide bonds. The van der Waals surface area contributed by atoms with Gasteiger partial charge in [0.2, 0.25) is 0 Å². The monoisotopic (exact) mass is 191 g/mol. The molecule has 1 rings (SSSR count). The second-order valence-electron chi connectivity index (χ2n) is 4.35. The fourth-order valence-electron chi connectivity index (χ4n) is 1.83. The molecule has 0 heterocycles. The molecule has 1 unspecified atom stereocenters. The molecule has 78 valence electrons. The molecular weight excluding hydrogens is 170 g/mol. The molecule has 0 radical (unpaired) electrons. The number of benzene rings is 1. The van der Waals surface area contributed by atoms with Crippen LogP contribution in [0.5, 0.6) is 0 Å². The van der Waals surface area contributed by atoms with Crippen LogP contribution >= 0.6 is 0 Å². The molecule has 0 saturated heterocycles. The van der Waals surface area contributed by atoms with Gasteiger partial charge < -0.3 is 5.32 Å². The first kappa shape index (κ1) is 11.3. The Morgan fingerprint density at radius 2 is 1.79 bits per heavy atom. The van der Waals surface area contributed by atoms with Crippen molar-refractivity contribution in [3.05, 3.63) is 35.9 Å². The first-order chi connectivity index (χ1) is 6.58. The highest BCUT2D eigenvalue weighted by atomic mass is 15.0. The first-order valence-electron chi connectivity index (χ1n) is 5.41. The van der Waals surface area contributed by atoms with E-state index in [9.17, 15) is 0 Å². The summed E-state index contributed by atoms with van der Waals surface area (Å²) >= 11 is 0. The van der Waals surface area contributed by atoms with Crippen LogP contribution in [0.15, 0.2) is 30.3 Å². The normalized spacial score (nSPS) is 15.5. The topological polar surface area (TPSA) is 12.0 Å². The molecule has 0 aromatic heterocycles. The third-order valence-electron chi connectivity index (χ3n) is 2.73. The predicted molar refractivity (Wildman–Crippen MR) is 62.4 cm³/mol. The van der Waals surface area contributed by atoms with Crippen LogP contribution in [-0.4, -0.2) is 6.04 Å². The van der Waals surface area contributed by atoms with E-state index >= 15 is 0 Å². The van der Waals surface area contributed by atoms with Crippen LogP contribution in [0, 0.1) is 0 Å². The predicted octanol–water partition coefficient (Wildman–Crippen LogP) is 3.31. The van der Waals surface area contributed by atoms with Gasteiger partial charge in [-0.25, -0.2) is 0 Å². The fraction of sp³-hybridized carbons (Fsp3) is 0.538. The van der Waals surface area contributed by atoms with E-state index in [4.69, 9.17) is 0 Å². The quantitative estimate of drug-likeness (QED) is 0.770. The fourth-order valence-corrected chi connectivity index (χ4v) is 1.83. The van der Waals surface area contributed by atoms with Crippen molar-refractivity contribution in [2.24, 2.45) is 0 Å². The molecule has 0 aliphatic heterocycles. The smallest absolute Gasteiger partial charge is 0.0405 e. The van der Waals surface area contributed by atoms with Crippen molar-refractivity contribution >= 4 is 0 Å². The minimum absolute atomic E-state index is 0.107. The minimum Gasteiger partial charge on any atom is -0.305 e. The minimum atomic E-state index is 0.107. The summed E-state index contributed by atoms with van der Waals surface area (Å²) in [6.45, 7) is 8.87. The highest BCUT2D eigenvalue weighted by molar-refractivity contribution is 5.23. The van der Waals surface area contributed by atoms with Gasteiger partial charge in [0.1, 0.15) is 0 Å². The second-order valence-corrected chi connectivity index (χ2v) is 4.35. The van der Waals surface area contributed by atoms with Crippen molar-refractivity contribution in [1.29, 1.82) is 0 Å². The van der Waals surface area contributed by atoms with Crippen LogP contribution in [0.1, 0.15) is 39.7 Å². The first-order valence-corrected chi connectivity index (χ1v) is 5.41. The summed E-state index contributed by atoms with van der Waals surface area (Å²) < 4.78 is 0. The molecule has 1 atom stereocenters. The Kier molecular flexibility index (Phi) is 3.70. The van der Waals surface area contributed by atoms with Gasteiger partial charge in [-0.15, -0.1) is 0 Å². The SMILES string of the molecule is CCC(C)(NC(C)C)c1ccccc1. The van der Waals surface area contributed by atoms with Crippen LogP contribution in [-0.2, 0) is 5.54 Å². The molecular formula is C13H21N.